The molecule has 0 amide bonds. The second-order valence-corrected chi connectivity index (χ2v) is 7.74. The summed E-state index contributed by atoms with van der Waals surface area (Å²) < 4.78 is 5.45. The number of fused-ring (bicyclic) bond motifs is 1. The van der Waals surface area contributed by atoms with E-state index < -0.39 is 0 Å². The number of aromatic nitrogens is 3. The van der Waals surface area contributed by atoms with Gasteiger partial charge in [-0.25, -0.2) is 9.97 Å². The molecule has 3 heterocycles. The molecule has 0 atom stereocenters. The highest BCUT2D eigenvalue weighted by Crippen LogP contribution is 2.31. The Hall–Kier alpha value is -2.97. The summed E-state index contributed by atoms with van der Waals surface area (Å²) in [6, 6.07) is 10.9. The van der Waals surface area contributed by atoms with Crippen LogP contribution in [0.2, 0.25) is 0 Å². The molecule has 1 aliphatic carbocycles. The van der Waals surface area contributed by atoms with Crippen LogP contribution in [0.1, 0.15) is 24.1 Å². The van der Waals surface area contributed by atoms with Gasteiger partial charge in [-0.2, -0.15) is 0 Å². The van der Waals surface area contributed by atoms with Gasteiger partial charge >= 0.3 is 0 Å². The molecule has 2 aliphatic rings. The highest BCUT2D eigenvalue weighted by Gasteiger charge is 2.35. The fraction of sp³-hybridized carbons (Fsp3) is 0.381. The number of ether oxygens (including phenoxy) is 1. The number of para-hydroxylation sites is 1. The predicted molar refractivity (Wildman–Crippen MR) is 113 cm³/mol. The second-order valence-electron chi connectivity index (χ2n) is 7.74. The standard InChI is InChI=1S/C21H25N7O/c22-19(17-9-13-3-1-2-4-16(13)27-17)18-20(23)24-12-25-21(18)26-14-10-15(11-14)28-5-7-29-8-6-28/h1-4,9,12,14-15,22,27H,5-8,10-11H2,(H3,23,24,25,26). The van der Waals surface area contributed by atoms with Gasteiger partial charge in [0.25, 0.3) is 0 Å². The normalized spacial score (nSPS) is 22.3. The van der Waals surface area contributed by atoms with Crippen molar-refractivity contribution in [3.8, 4) is 0 Å². The zero-order chi connectivity index (χ0) is 19.8. The molecule has 2 aromatic heterocycles. The molecule has 29 heavy (non-hydrogen) atoms. The minimum absolute atomic E-state index is 0.297. The number of aromatic amines is 1. The first-order valence-corrected chi connectivity index (χ1v) is 10.0. The molecule has 3 aromatic rings. The van der Waals surface area contributed by atoms with Crippen molar-refractivity contribution in [2.24, 2.45) is 0 Å². The zero-order valence-corrected chi connectivity index (χ0v) is 16.2. The molecule has 0 radical (unpaired) electrons. The van der Waals surface area contributed by atoms with Gasteiger partial charge in [0.15, 0.2) is 0 Å². The van der Waals surface area contributed by atoms with Gasteiger partial charge in [0.1, 0.15) is 18.0 Å². The van der Waals surface area contributed by atoms with E-state index in [9.17, 15) is 0 Å². The highest BCUT2D eigenvalue weighted by atomic mass is 16.5. The van der Waals surface area contributed by atoms with Crippen LogP contribution in [0.4, 0.5) is 11.6 Å². The molecule has 0 bridgehead atoms. The van der Waals surface area contributed by atoms with Crippen LogP contribution in [-0.4, -0.2) is 64.0 Å². The van der Waals surface area contributed by atoms with E-state index in [4.69, 9.17) is 15.9 Å². The molecule has 5 N–H and O–H groups in total. The lowest BCUT2D eigenvalue weighted by Crippen LogP contribution is -2.53. The quantitative estimate of drug-likeness (QED) is 0.496. The second kappa shape index (κ2) is 7.46. The maximum Gasteiger partial charge on any atom is 0.141 e. The molecule has 1 saturated heterocycles. The average Bonchev–Trinajstić information content (AvgIpc) is 3.15. The summed E-state index contributed by atoms with van der Waals surface area (Å²) in [5.41, 5.74) is 8.71. The van der Waals surface area contributed by atoms with E-state index in [1.165, 1.54) is 6.33 Å². The molecule has 0 unspecified atom stereocenters. The summed E-state index contributed by atoms with van der Waals surface area (Å²) in [6.07, 6.45) is 3.57. The lowest BCUT2D eigenvalue weighted by Gasteiger charge is -2.44. The van der Waals surface area contributed by atoms with Crippen molar-refractivity contribution in [1.29, 1.82) is 5.41 Å². The summed E-state index contributed by atoms with van der Waals surface area (Å²) in [7, 11) is 0. The third-order valence-corrected chi connectivity index (χ3v) is 5.94. The van der Waals surface area contributed by atoms with Crippen LogP contribution >= 0.6 is 0 Å². The van der Waals surface area contributed by atoms with E-state index in [1.807, 2.05) is 30.3 Å². The number of nitrogens with zero attached hydrogens (tertiary/aromatic N) is 3. The summed E-state index contributed by atoms with van der Waals surface area (Å²) in [5, 5.41) is 13.3. The third-order valence-electron chi connectivity index (χ3n) is 5.94. The van der Waals surface area contributed by atoms with Gasteiger partial charge in [0.05, 0.1) is 30.2 Å². The van der Waals surface area contributed by atoms with E-state index >= 15 is 0 Å². The summed E-state index contributed by atoms with van der Waals surface area (Å²) in [6.45, 7) is 3.66. The van der Waals surface area contributed by atoms with Gasteiger partial charge < -0.3 is 20.8 Å². The first-order valence-electron chi connectivity index (χ1n) is 10.0. The van der Waals surface area contributed by atoms with Crippen molar-refractivity contribution < 1.29 is 4.74 Å². The van der Waals surface area contributed by atoms with Crippen molar-refractivity contribution in [1.82, 2.24) is 19.9 Å². The Bertz CT molecular complexity index is 1000. The van der Waals surface area contributed by atoms with Gasteiger partial charge in [0.2, 0.25) is 0 Å². The highest BCUT2D eigenvalue weighted by molar-refractivity contribution is 6.16. The van der Waals surface area contributed by atoms with Crippen LogP contribution in [0.3, 0.4) is 0 Å². The molecule has 0 spiro atoms. The van der Waals surface area contributed by atoms with Crippen LogP contribution < -0.4 is 11.1 Å². The first kappa shape index (κ1) is 18.1. The molecule has 8 nitrogen and oxygen atoms in total. The fourth-order valence-electron chi connectivity index (χ4n) is 4.24. The monoisotopic (exact) mass is 391 g/mol. The molecule has 8 heteroatoms. The minimum atomic E-state index is 0.297. The largest absolute Gasteiger partial charge is 0.383 e. The number of rotatable bonds is 5. The SMILES string of the molecule is N=C(c1cc2ccccc2[nH]1)c1c(N)ncnc1NC1CC(N2CCOCC2)C1. The van der Waals surface area contributed by atoms with Crippen LogP contribution in [-0.2, 0) is 4.74 Å². The number of benzene rings is 1. The van der Waals surface area contributed by atoms with E-state index in [0.29, 0.717) is 40.7 Å². The Morgan fingerprint density at radius 2 is 2.00 bits per heavy atom. The van der Waals surface area contributed by atoms with Gasteiger partial charge in [-0.05, 0) is 25.0 Å². The van der Waals surface area contributed by atoms with E-state index in [2.05, 4.69) is 25.2 Å². The smallest absolute Gasteiger partial charge is 0.141 e. The number of anilines is 2. The maximum atomic E-state index is 8.75. The summed E-state index contributed by atoms with van der Waals surface area (Å²) >= 11 is 0. The van der Waals surface area contributed by atoms with Crippen molar-refractivity contribution >= 4 is 28.3 Å². The molecular weight excluding hydrogens is 366 g/mol. The number of nitrogens with two attached hydrogens (primary N) is 1. The van der Waals surface area contributed by atoms with E-state index in [0.717, 1.165) is 50.0 Å². The Morgan fingerprint density at radius 3 is 2.79 bits per heavy atom. The topological polar surface area (TPSA) is 116 Å². The van der Waals surface area contributed by atoms with E-state index in [1.54, 1.807) is 0 Å². The van der Waals surface area contributed by atoms with Gasteiger partial charge in [0, 0.05) is 36.1 Å². The summed E-state index contributed by atoms with van der Waals surface area (Å²) in [4.78, 5) is 14.3. The molecule has 1 aliphatic heterocycles. The lowest BCUT2D eigenvalue weighted by atomic mass is 9.85. The molecular formula is C21H25N7O. The van der Waals surface area contributed by atoms with E-state index in [-0.39, 0.29) is 0 Å². The molecule has 1 aromatic carbocycles. The van der Waals surface area contributed by atoms with Gasteiger partial charge in [-0.15, -0.1) is 0 Å². The van der Waals surface area contributed by atoms with Crippen molar-refractivity contribution in [2.75, 3.05) is 37.4 Å². The molecule has 150 valence electrons. The third kappa shape index (κ3) is 3.45. The van der Waals surface area contributed by atoms with Crippen LogP contribution in [0.5, 0.6) is 0 Å². The Kier molecular flexibility index (Phi) is 4.65. The number of hydrogen-bond donors (Lipinski definition) is 4. The number of H-pyrrole nitrogens is 1. The van der Waals surface area contributed by atoms with Crippen molar-refractivity contribution in [3.05, 3.63) is 47.9 Å². The van der Waals surface area contributed by atoms with Crippen LogP contribution in [0.25, 0.3) is 10.9 Å². The number of nitrogens with one attached hydrogen (secondary N) is 3. The fourth-order valence-corrected chi connectivity index (χ4v) is 4.24. The Labute approximate surface area is 169 Å². The molecule has 2 fully saturated rings. The zero-order valence-electron chi connectivity index (χ0n) is 16.2. The average molecular weight is 391 g/mol. The predicted octanol–water partition coefficient (Wildman–Crippen LogP) is 2.23. The summed E-state index contributed by atoms with van der Waals surface area (Å²) in [5.74, 6) is 0.946. The first-order chi connectivity index (χ1) is 14.2. The lowest BCUT2D eigenvalue weighted by molar-refractivity contribution is -0.00439. The van der Waals surface area contributed by atoms with Gasteiger partial charge in [-0.1, -0.05) is 18.2 Å². The minimum Gasteiger partial charge on any atom is -0.383 e. The van der Waals surface area contributed by atoms with Crippen molar-refractivity contribution in [2.45, 2.75) is 24.9 Å². The molecule has 1 saturated carbocycles. The Morgan fingerprint density at radius 1 is 1.21 bits per heavy atom. The van der Waals surface area contributed by atoms with Crippen LogP contribution in [0, 0.1) is 5.41 Å². The Balaban J connectivity index is 1.34. The molecule has 5 rings (SSSR count). The van der Waals surface area contributed by atoms with Crippen LogP contribution in [0.15, 0.2) is 36.7 Å². The number of hydrogen-bond acceptors (Lipinski definition) is 7. The number of nitrogen functional groups attached to an aromatic ring is 1. The maximum absolute atomic E-state index is 8.75. The van der Waals surface area contributed by atoms with Crippen molar-refractivity contribution in [3.63, 3.8) is 0 Å². The van der Waals surface area contributed by atoms with Gasteiger partial charge in [-0.3, -0.25) is 10.3 Å². The number of morpholine rings is 1.